The minimum absolute atomic E-state index is 0.477. The summed E-state index contributed by atoms with van der Waals surface area (Å²) in [6, 6.07) is 5.47. The van der Waals surface area contributed by atoms with Crippen molar-refractivity contribution in [3.05, 3.63) is 41.9 Å². The molecule has 1 heterocycles. The van der Waals surface area contributed by atoms with Gasteiger partial charge in [-0.3, -0.25) is 0 Å². The first-order valence-corrected chi connectivity index (χ1v) is 3.72. The Hall–Kier alpha value is -2.08. The molecule has 0 saturated heterocycles. The SMILES string of the molecule is N=C/C(C#Cc1ccccn1)=C\N. The maximum atomic E-state index is 6.93. The molecule has 0 aliphatic rings. The van der Waals surface area contributed by atoms with Gasteiger partial charge >= 0.3 is 0 Å². The number of allylic oxidation sites excluding steroid dienone is 1. The Morgan fingerprint density at radius 1 is 1.54 bits per heavy atom. The van der Waals surface area contributed by atoms with Crippen LogP contribution in [-0.2, 0) is 0 Å². The molecule has 0 aliphatic carbocycles. The van der Waals surface area contributed by atoms with Crippen LogP contribution in [0, 0.1) is 17.3 Å². The molecule has 1 rings (SSSR count). The van der Waals surface area contributed by atoms with Crippen molar-refractivity contribution in [2.24, 2.45) is 5.73 Å². The molecule has 0 amide bonds. The maximum absolute atomic E-state index is 6.93. The summed E-state index contributed by atoms with van der Waals surface area (Å²) in [6.45, 7) is 0. The summed E-state index contributed by atoms with van der Waals surface area (Å²) >= 11 is 0. The Bertz CT molecular complexity index is 368. The van der Waals surface area contributed by atoms with E-state index < -0.39 is 0 Å². The molecule has 0 fully saturated rings. The van der Waals surface area contributed by atoms with Crippen molar-refractivity contribution in [2.75, 3.05) is 0 Å². The van der Waals surface area contributed by atoms with E-state index in [-0.39, 0.29) is 0 Å². The normalized spacial score (nSPS) is 10.0. The van der Waals surface area contributed by atoms with Crippen molar-refractivity contribution in [3.8, 4) is 11.8 Å². The summed E-state index contributed by atoms with van der Waals surface area (Å²) in [4.78, 5) is 4.00. The zero-order valence-electron chi connectivity index (χ0n) is 6.99. The third-order valence-corrected chi connectivity index (χ3v) is 1.33. The Morgan fingerprint density at radius 3 is 2.92 bits per heavy atom. The quantitative estimate of drug-likeness (QED) is 0.487. The molecule has 0 aromatic carbocycles. The molecule has 0 spiro atoms. The van der Waals surface area contributed by atoms with Crippen LogP contribution in [0.4, 0.5) is 0 Å². The molecule has 64 valence electrons. The maximum Gasteiger partial charge on any atom is 0.113 e. The zero-order valence-corrected chi connectivity index (χ0v) is 6.99. The van der Waals surface area contributed by atoms with Gasteiger partial charge in [-0.15, -0.1) is 0 Å². The second-order valence-corrected chi connectivity index (χ2v) is 2.23. The molecular weight excluding hydrogens is 162 g/mol. The van der Waals surface area contributed by atoms with Gasteiger partial charge in [0, 0.05) is 18.6 Å². The summed E-state index contributed by atoms with van der Waals surface area (Å²) in [7, 11) is 0. The highest BCUT2D eigenvalue weighted by Gasteiger charge is 1.84. The van der Waals surface area contributed by atoms with Crippen LogP contribution in [0.5, 0.6) is 0 Å². The lowest BCUT2D eigenvalue weighted by Crippen LogP contribution is -1.87. The van der Waals surface area contributed by atoms with Crippen molar-refractivity contribution >= 4 is 6.21 Å². The van der Waals surface area contributed by atoms with E-state index >= 15 is 0 Å². The molecule has 3 N–H and O–H groups in total. The van der Waals surface area contributed by atoms with E-state index in [4.69, 9.17) is 11.1 Å². The molecule has 3 heteroatoms. The van der Waals surface area contributed by atoms with Crippen molar-refractivity contribution in [1.82, 2.24) is 4.98 Å². The zero-order chi connectivity index (χ0) is 9.52. The molecule has 0 unspecified atom stereocenters. The Balaban J connectivity index is 2.84. The molecule has 1 aromatic heterocycles. The van der Waals surface area contributed by atoms with Crippen molar-refractivity contribution in [2.45, 2.75) is 0 Å². The fourth-order valence-electron chi connectivity index (χ4n) is 0.699. The van der Waals surface area contributed by atoms with Gasteiger partial charge in [0.05, 0.1) is 5.57 Å². The van der Waals surface area contributed by atoms with Crippen LogP contribution in [-0.4, -0.2) is 11.2 Å². The van der Waals surface area contributed by atoms with Gasteiger partial charge in [0.15, 0.2) is 0 Å². The number of rotatable bonds is 1. The van der Waals surface area contributed by atoms with Crippen molar-refractivity contribution in [3.63, 3.8) is 0 Å². The number of aromatic nitrogens is 1. The fraction of sp³-hybridized carbons (Fsp3) is 0. The lowest BCUT2D eigenvalue weighted by molar-refractivity contribution is 1.29. The van der Waals surface area contributed by atoms with Crippen molar-refractivity contribution < 1.29 is 0 Å². The summed E-state index contributed by atoms with van der Waals surface area (Å²) < 4.78 is 0. The molecule has 0 bridgehead atoms. The van der Waals surface area contributed by atoms with E-state index in [1.54, 1.807) is 12.3 Å². The molecule has 0 aliphatic heterocycles. The lowest BCUT2D eigenvalue weighted by atomic mass is 10.3. The number of hydrogen-bond donors (Lipinski definition) is 2. The standard InChI is InChI=1S/C10H9N3/c11-7-9(8-12)4-5-10-3-1-2-6-13-10/h1-3,6-8,11H,12H2/b9-8-,11-7?. The molecule has 0 saturated carbocycles. The average Bonchev–Trinajstić information content (AvgIpc) is 2.21. The highest BCUT2D eigenvalue weighted by atomic mass is 14.6. The Kier molecular flexibility index (Phi) is 3.28. The van der Waals surface area contributed by atoms with E-state index in [2.05, 4.69) is 16.8 Å². The van der Waals surface area contributed by atoms with Crippen LogP contribution in [0.3, 0.4) is 0 Å². The predicted octanol–water partition coefficient (Wildman–Crippen LogP) is 0.925. The number of hydrogen-bond acceptors (Lipinski definition) is 3. The summed E-state index contributed by atoms with van der Waals surface area (Å²) in [6.07, 6.45) is 4.07. The first kappa shape index (κ1) is 9.01. The molecule has 0 radical (unpaired) electrons. The molecule has 0 atom stereocenters. The topological polar surface area (TPSA) is 62.8 Å². The average molecular weight is 171 g/mol. The second kappa shape index (κ2) is 4.73. The van der Waals surface area contributed by atoms with Gasteiger partial charge in [0.2, 0.25) is 0 Å². The predicted molar refractivity (Wildman–Crippen MR) is 52.2 cm³/mol. The van der Waals surface area contributed by atoms with Gasteiger partial charge in [-0.05, 0) is 18.1 Å². The number of pyridine rings is 1. The first-order valence-electron chi connectivity index (χ1n) is 3.72. The van der Waals surface area contributed by atoms with E-state index in [1.807, 2.05) is 12.1 Å². The van der Waals surface area contributed by atoms with Crippen LogP contribution in [0.2, 0.25) is 0 Å². The van der Waals surface area contributed by atoms with Crippen molar-refractivity contribution in [1.29, 1.82) is 5.41 Å². The van der Waals surface area contributed by atoms with Crippen LogP contribution in [0.1, 0.15) is 5.69 Å². The van der Waals surface area contributed by atoms with Gasteiger partial charge in [-0.2, -0.15) is 0 Å². The highest BCUT2D eigenvalue weighted by Crippen LogP contribution is 1.90. The van der Waals surface area contributed by atoms with Gasteiger partial charge < -0.3 is 11.1 Å². The Morgan fingerprint density at radius 2 is 2.38 bits per heavy atom. The van der Waals surface area contributed by atoms with Crippen LogP contribution in [0.15, 0.2) is 36.2 Å². The third kappa shape index (κ3) is 2.80. The van der Waals surface area contributed by atoms with E-state index in [0.29, 0.717) is 11.3 Å². The van der Waals surface area contributed by atoms with Gasteiger partial charge in [0.1, 0.15) is 5.69 Å². The highest BCUT2D eigenvalue weighted by molar-refractivity contribution is 5.82. The van der Waals surface area contributed by atoms with E-state index in [1.165, 1.54) is 6.20 Å². The largest absolute Gasteiger partial charge is 0.404 e. The summed E-state index contributed by atoms with van der Waals surface area (Å²) in [5, 5.41) is 6.93. The minimum atomic E-state index is 0.477. The molecular formula is C10H9N3. The Labute approximate surface area is 76.8 Å². The minimum Gasteiger partial charge on any atom is -0.404 e. The second-order valence-electron chi connectivity index (χ2n) is 2.23. The fourth-order valence-corrected chi connectivity index (χ4v) is 0.699. The number of nitrogens with two attached hydrogens (primary N) is 1. The summed E-state index contributed by atoms with van der Waals surface area (Å²) in [5.74, 6) is 5.50. The first-order chi connectivity index (χ1) is 6.36. The molecule has 3 nitrogen and oxygen atoms in total. The van der Waals surface area contributed by atoms with E-state index in [9.17, 15) is 0 Å². The summed E-state index contributed by atoms with van der Waals surface area (Å²) in [5.41, 5.74) is 6.36. The van der Waals surface area contributed by atoms with Gasteiger partial charge in [-0.1, -0.05) is 12.0 Å². The lowest BCUT2D eigenvalue weighted by Gasteiger charge is -1.86. The molecule has 1 aromatic rings. The van der Waals surface area contributed by atoms with Crippen LogP contribution in [0.25, 0.3) is 0 Å². The van der Waals surface area contributed by atoms with Gasteiger partial charge in [0.25, 0.3) is 0 Å². The van der Waals surface area contributed by atoms with Gasteiger partial charge in [-0.25, -0.2) is 4.98 Å². The molecule has 13 heavy (non-hydrogen) atoms. The smallest absolute Gasteiger partial charge is 0.113 e. The van der Waals surface area contributed by atoms with E-state index in [0.717, 1.165) is 6.21 Å². The number of nitrogens with one attached hydrogen (secondary N) is 1. The number of nitrogens with zero attached hydrogens (tertiary/aromatic N) is 1. The third-order valence-electron chi connectivity index (χ3n) is 1.33. The van der Waals surface area contributed by atoms with Crippen LogP contribution >= 0.6 is 0 Å². The van der Waals surface area contributed by atoms with Crippen LogP contribution < -0.4 is 5.73 Å². The monoisotopic (exact) mass is 171 g/mol.